The monoisotopic (exact) mass is 245 g/mol. The Morgan fingerprint density at radius 3 is 2.61 bits per heavy atom. The Morgan fingerprint density at radius 1 is 1.00 bits per heavy atom. The van der Waals surface area contributed by atoms with E-state index < -0.39 is 0 Å². The van der Waals surface area contributed by atoms with Crippen molar-refractivity contribution >= 4 is 0 Å². The van der Waals surface area contributed by atoms with Gasteiger partial charge in [0.25, 0.3) is 0 Å². The molecule has 2 nitrogen and oxygen atoms in total. The Labute approximate surface area is 110 Å². The molecule has 0 bridgehead atoms. The molecule has 0 aromatic heterocycles. The second-order valence-corrected chi connectivity index (χ2v) is 5.76. The molecule has 18 heavy (non-hydrogen) atoms. The highest BCUT2D eigenvalue weighted by atomic mass is 16.3. The van der Waals surface area contributed by atoms with Gasteiger partial charge in [-0.1, -0.05) is 37.1 Å². The van der Waals surface area contributed by atoms with Crippen molar-refractivity contribution in [1.82, 2.24) is 4.90 Å². The number of aliphatic hydroxyl groups excluding tert-OH is 1. The van der Waals surface area contributed by atoms with Gasteiger partial charge in [-0.2, -0.15) is 0 Å². The van der Waals surface area contributed by atoms with Crippen molar-refractivity contribution in [3.63, 3.8) is 0 Å². The van der Waals surface area contributed by atoms with Gasteiger partial charge in [-0.3, -0.25) is 4.90 Å². The Kier molecular flexibility index (Phi) is 3.67. The second-order valence-electron chi connectivity index (χ2n) is 5.76. The van der Waals surface area contributed by atoms with Gasteiger partial charge in [0.1, 0.15) is 0 Å². The van der Waals surface area contributed by atoms with E-state index in [9.17, 15) is 5.11 Å². The van der Waals surface area contributed by atoms with Gasteiger partial charge in [0.15, 0.2) is 0 Å². The molecule has 1 N–H and O–H groups in total. The average Bonchev–Trinajstić information content (AvgIpc) is 2.61. The van der Waals surface area contributed by atoms with E-state index in [1.54, 1.807) is 0 Å². The van der Waals surface area contributed by atoms with Crippen LogP contribution in [0.1, 0.15) is 43.2 Å². The van der Waals surface area contributed by atoms with Crippen LogP contribution in [0, 0.1) is 0 Å². The fourth-order valence-electron chi connectivity index (χ4n) is 3.53. The first-order chi connectivity index (χ1) is 8.84. The zero-order chi connectivity index (χ0) is 12.4. The molecule has 2 heteroatoms. The largest absolute Gasteiger partial charge is 0.391 e. The highest BCUT2D eigenvalue weighted by Gasteiger charge is 2.29. The van der Waals surface area contributed by atoms with E-state index in [0.29, 0.717) is 6.04 Å². The first-order valence-corrected chi connectivity index (χ1v) is 7.33. The molecule has 0 unspecified atom stereocenters. The molecular formula is C16H23NO. The molecule has 1 aliphatic carbocycles. The van der Waals surface area contributed by atoms with Crippen LogP contribution in [0.2, 0.25) is 0 Å². The number of fused-ring (bicyclic) bond motifs is 1. The van der Waals surface area contributed by atoms with Crippen LogP contribution >= 0.6 is 0 Å². The Morgan fingerprint density at radius 2 is 1.78 bits per heavy atom. The summed E-state index contributed by atoms with van der Waals surface area (Å²) in [4.78, 5) is 2.52. The van der Waals surface area contributed by atoms with Gasteiger partial charge in [0, 0.05) is 12.6 Å². The summed E-state index contributed by atoms with van der Waals surface area (Å²) in [5.41, 5.74) is 2.97. The lowest BCUT2D eigenvalue weighted by molar-refractivity contribution is 0.0164. The van der Waals surface area contributed by atoms with Gasteiger partial charge in [-0.15, -0.1) is 0 Å². The molecule has 0 saturated heterocycles. The van der Waals surface area contributed by atoms with Crippen molar-refractivity contribution in [2.45, 2.75) is 57.2 Å². The van der Waals surface area contributed by atoms with Crippen LogP contribution < -0.4 is 0 Å². The van der Waals surface area contributed by atoms with Gasteiger partial charge in [0.05, 0.1) is 6.10 Å². The van der Waals surface area contributed by atoms with E-state index in [1.165, 1.54) is 43.2 Å². The smallest absolute Gasteiger partial charge is 0.0695 e. The minimum Gasteiger partial charge on any atom is -0.391 e. The van der Waals surface area contributed by atoms with Gasteiger partial charge >= 0.3 is 0 Å². The van der Waals surface area contributed by atoms with Crippen molar-refractivity contribution in [3.8, 4) is 0 Å². The highest BCUT2D eigenvalue weighted by Crippen LogP contribution is 2.27. The maximum Gasteiger partial charge on any atom is 0.0695 e. The first-order valence-electron chi connectivity index (χ1n) is 7.33. The maximum absolute atomic E-state index is 10.2. The number of benzene rings is 1. The van der Waals surface area contributed by atoms with E-state index in [-0.39, 0.29) is 6.10 Å². The summed E-state index contributed by atoms with van der Waals surface area (Å²) in [6.07, 6.45) is 6.94. The number of nitrogens with zero attached hydrogens (tertiary/aromatic N) is 1. The van der Waals surface area contributed by atoms with Crippen LogP contribution in [0.25, 0.3) is 0 Å². The van der Waals surface area contributed by atoms with Crippen molar-refractivity contribution < 1.29 is 5.11 Å². The third-order valence-corrected chi connectivity index (χ3v) is 4.55. The maximum atomic E-state index is 10.2. The third kappa shape index (κ3) is 2.45. The Bertz CT molecular complexity index is 404. The molecule has 1 fully saturated rings. The van der Waals surface area contributed by atoms with Crippen molar-refractivity contribution in [2.75, 3.05) is 6.54 Å². The second kappa shape index (κ2) is 5.41. The molecule has 0 amide bonds. The lowest BCUT2D eigenvalue weighted by Gasteiger charge is -2.37. The summed E-state index contributed by atoms with van der Waals surface area (Å²) in [5, 5.41) is 10.2. The van der Waals surface area contributed by atoms with E-state index in [4.69, 9.17) is 0 Å². The van der Waals surface area contributed by atoms with Gasteiger partial charge in [-0.05, 0) is 43.4 Å². The minimum absolute atomic E-state index is 0.107. The molecule has 1 saturated carbocycles. The predicted molar refractivity (Wildman–Crippen MR) is 73.4 cm³/mol. The van der Waals surface area contributed by atoms with Crippen LogP contribution in [-0.4, -0.2) is 28.7 Å². The molecule has 98 valence electrons. The van der Waals surface area contributed by atoms with Crippen LogP contribution in [0.5, 0.6) is 0 Å². The van der Waals surface area contributed by atoms with Crippen molar-refractivity contribution in [3.05, 3.63) is 35.4 Å². The summed E-state index contributed by atoms with van der Waals surface area (Å²) in [6, 6.07) is 9.19. The molecule has 0 spiro atoms. The molecular weight excluding hydrogens is 222 g/mol. The quantitative estimate of drug-likeness (QED) is 0.822. The van der Waals surface area contributed by atoms with Gasteiger partial charge in [0.2, 0.25) is 0 Å². The molecule has 3 rings (SSSR count). The lowest BCUT2D eigenvalue weighted by Crippen LogP contribution is -2.45. The summed E-state index contributed by atoms with van der Waals surface area (Å²) in [7, 11) is 0. The van der Waals surface area contributed by atoms with Crippen LogP contribution in [0.15, 0.2) is 24.3 Å². The number of aliphatic hydroxyl groups is 1. The molecule has 1 heterocycles. The summed E-state index contributed by atoms with van der Waals surface area (Å²) < 4.78 is 0. The topological polar surface area (TPSA) is 23.5 Å². The molecule has 1 aliphatic heterocycles. The number of hydrogen-bond acceptors (Lipinski definition) is 2. The molecule has 1 aromatic carbocycles. The summed E-state index contributed by atoms with van der Waals surface area (Å²) >= 11 is 0. The Balaban J connectivity index is 1.78. The fraction of sp³-hybridized carbons (Fsp3) is 0.625. The fourth-order valence-corrected chi connectivity index (χ4v) is 3.53. The SMILES string of the molecule is O[C@H]1CCCC[C@@H]1N1CCCc2ccccc2C1. The Hall–Kier alpha value is -0.860. The minimum atomic E-state index is -0.107. The third-order valence-electron chi connectivity index (χ3n) is 4.55. The molecule has 0 radical (unpaired) electrons. The van der Waals surface area contributed by atoms with E-state index in [1.807, 2.05) is 0 Å². The summed E-state index contributed by atoms with van der Waals surface area (Å²) in [5.74, 6) is 0. The summed E-state index contributed by atoms with van der Waals surface area (Å²) in [6.45, 7) is 2.16. The van der Waals surface area contributed by atoms with Gasteiger partial charge < -0.3 is 5.11 Å². The van der Waals surface area contributed by atoms with Crippen LogP contribution in [0.3, 0.4) is 0 Å². The average molecular weight is 245 g/mol. The van der Waals surface area contributed by atoms with E-state index >= 15 is 0 Å². The number of rotatable bonds is 1. The number of hydrogen-bond donors (Lipinski definition) is 1. The van der Waals surface area contributed by atoms with Crippen molar-refractivity contribution in [1.29, 1.82) is 0 Å². The normalized spacial score (nSPS) is 29.6. The highest BCUT2D eigenvalue weighted by molar-refractivity contribution is 5.28. The van der Waals surface area contributed by atoms with Gasteiger partial charge in [-0.25, -0.2) is 0 Å². The lowest BCUT2D eigenvalue weighted by atomic mass is 9.91. The number of aryl methyl sites for hydroxylation is 1. The predicted octanol–water partition coefficient (Wildman–Crippen LogP) is 2.74. The molecule has 1 aromatic rings. The van der Waals surface area contributed by atoms with E-state index in [2.05, 4.69) is 29.2 Å². The zero-order valence-electron chi connectivity index (χ0n) is 11.0. The van der Waals surface area contributed by atoms with Crippen LogP contribution in [-0.2, 0) is 13.0 Å². The van der Waals surface area contributed by atoms with Crippen LogP contribution in [0.4, 0.5) is 0 Å². The molecule has 2 aliphatic rings. The first kappa shape index (κ1) is 12.2. The van der Waals surface area contributed by atoms with Crippen molar-refractivity contribution in [2.24, 2.45) is 0 Å². The molecule has 2 atom stereocenters. The standard InChI is InChI=1S/C16H23NO/c18-16-10-4-3-9-15(16)17-11-5-8-13-6-1-2-7-14(13)12-17/h1-2,6-7,15-16,18H,3-5,8-12H2/t15-,16-/m0/s1. The zero-order valence-corrected chi connectivity index (χ0v) is 11.0. The van der Waals surface area contributed by atoms with E-state index in [0.717, 1.165) is 19.5 Å².